The molecule has 4 rings (SSSR count). The van der Waals surface area contributed by atoms with Crippen molar-refractivity contribution in [3.05, 3.63) is 77.9 Å². The predicted octanol–water partition coefficient (Wildman–Crippen LogP) is 7.04. The first-order chi connectivity index (χ1) is 50.6. The smallest absolute Gasteiger partial charge is 0.410 e. The number of rotatable bonds is 47. The van der Waals surface area contributed by atoms with E-state index in [0.717, 1.165) is 44.9 Å². The normalized spacial score (nSPS) is 17.7. The molecule has 0 aromatic heterocycles. The van der Waals surface area contributed by atoms with Gasteiger partial charge in [-0.25, -0.2) is 14.4 Å². The van der Waals surface area contributed by atoms with Crippen molar-refractivity contribution in [3.63, 3.8) is 0 Å². The molecular weight excluding hydrogens is 1370 g/mol. The van der Waals surface area contributed by atoms with Crippen LogP contribution in [-0.2, 0) is 73.3 Å². The fraction of sp³-hybridized carbons (Fsp3) is 0.688. The van der Waals surface area contributed by atoms with E-state index in [1.54, 1.807) is 83.0 Å². The molecule has 29 heteroatoms. The van der Waals surface area contributed by atoms with Crippen LogP contribution in [0.2, 0.25) is 0 Å². The maximum absolute atomic E-state index is 14.8. The number of urea groups is 1. The number of alkyl carbamates (subject to hydrolysis) is 1. The van der Waals surface area contributed by atoms with Crippen LogP contribution in [0.4, 0.5) is 20.1 Å². The average molecular weight is 1490 g/mol. The van der Waals surface area contributed by atoms with Crippen molar-refractivity contribution in [1.29, 1.82) is 0 Å². The number of primary amides is 1. The Morgan fingerprint density at radius 1 is 0.651 bits per heavy atom. The number of nitrogens with one attached hydrogen (secondary N) is 7. The molecule has 596 valence electrons. The van der Waals surface area contributed by atoms with E-state index in [9.17, 15) is 53.1 Å². The van der Waals surface area contributed by atoms with Crippen LogP contribution in [0.5, 0.6) is 0 Å². The molecule has 2 aliphatic rings. The van der Waals surface area contributed by atoms with Gasteiger partial charge in [-0.3, -0.25) is 38.5 Å². The Kier molecular flexibility index (Phi) is 41.9. The first-order valence-corrected chi connectivity index (χ1v) is 37.8. The minimum Gasteiger partial charge on any atom is -0.446 e. The Bertz CT molecular complexity index is 3040. The lowest BCUT2D eigenvalue weighted by atomic mass is 9.89. The summed E-state index contributed by atoms with van der Waals surface area (Å²) in [6.07, 6.45) is 8.72. The van der Waals surface area contributed by atoms with E-state index in [0.29, 0.717) is 75.8 Å². The summed E-state index contributed by atoms with van der Waals surface area (Å²) in [5, 5.41) is 30.3. The van der Waals surface area contributed by atoms with Crippen LogP contribution in [0.3, 0.4) is 0 Å². The molecule has 29 nitrogen and oxygen atoms in total. The van der Waals surface area contributed by atoms with Crippen LogP contribution in [0.15, 0.2) is 66.7 Å². The predicted molar refractivity (Wildman–Crippen MR) is 401 cm³/mol. The van der Waals surface area contributed by atoms with Gasteiger partial charge in [0.05, 0.1) is 83.6 Å². The van der Waals surface area contributed by atoms with Gasteiger partial charge in [0.15, 0.2) is 0 Å². The van der Waals surface area contributed by atoms with Gasteiger partial charge in [0.25, 0.3) is 0 Å². The number of carbonyl (C=O) groups is 10. The summed E-state index contributed by atoms with van der Waals surface area (Å²) in [6, 6.07) is 9.20. The molecular formula is C77H125N11O18. The van der Waals surface area contributed by atoms with Gasteiger partial charge in [0, 0.05) is 64.9 Å². The van der Waals surface area contributed by atoms with E-state index in [-0.39, 0.29) is 94.5 Å². The molecule has 12 atom stereocenters. The van der Waals surface area contributed by atoms with Crippen molar-refractivity contribution in [3.8, 4) is 0 Å². The van der Waals surface area contributed by atoms with Crippen molar-refractivity contribution < 1.29 is 86.2 Å². The number of methoxy groups -OCH3 is 1. The van der Waals surface area contributed by atoms with Crippen LogP contribution in [-0.4, -0.2) is 228 Å². The zero-order valence-corrected chi connectivity index (χ0v) is 65.0. The Labute approximate surface area is 627 Å². The second-order valence-corrected chi connectivity index (χ2v) is 28.7. The van der Waals surface area contributed by atoms with E-state index < -0.39 is 114 Å². The Morgan fingerprint density at radius 3 is 1.90 bits per heavy atom. The summed E-state index contributed by atoms with van der Waals surface area (Å²) < 4.78 is 39.5. The number of anilines is 1. The first kappa shape index (κ1) is 90.4. The SMILES string of the molecule is CC[C@H](C)C([C@@H](CC(=O)N1CCC[C@H]1C[C@@H](C)C(=O)N[C@H](C)[C@@H](O)c1ccccc1)OC)N(C)C(=O)[C@@H](NC(=O)[C@H](C(C)C)N(C)C(=O)OCc1ccc(NC(=O)[C@H](CCCNC(N)=O)NC(=O)[C@@H](NC(=O)CCOCCOCCOCCOCCNC(=O)OC2CC/C=C/CCC2)C(C)C)cc1)C(C)C. The van der Waals surface area contributed by atoms with E-state index >= 15 is 0 Å². The van der Waals surface area contributed by atoms with E-state index in [2.05, 4.69) is 49.4 Å². The molecule has 1 heterocycles. The fourth-order valence-corrected chi connectivity index (χ4v) is 12.9. The number of amides is 11. The van der Waals surface area contributed by atoms with Crippen LogP contribution in [0.1, 0.15) is 170 Å². The van der Waals surface area contributed by atoms with Crippen molar-refractivity contribution in [2.45, 2.75) is 220 Å². The second-order valence-electron chi connectivity index (χ2n) is 28.7. The van der Waals surface area contributed by atoms with Crippen LogP contribution in [0, 0.1) is 29.6 Å². The zero-order chi connectivity index (χ0) is 78.3. The molecule has 2 unspecified atom stereocenters. The summed E-state index contributed by atoms with van der Waals surface area (Å²) in [4.78, 5) is 140. The number of hydrogen-bond donors (Lipinski definition) is 9. The highest BCUT2D eigenvalue weighted by molar-refractivity contribution is 5.98. The van der Waals surface area contributed by atoms with Crippen LogP contribution < -0.4 is 43.0 Å². The van der Waals surface area contributed by atoms with Gasteiger partial charge in [-0.1, -0.05) is 123 Å². The number of benzene rings is 2. The third-order valence-electron chi connectivity index (χ3n) is 19.2. The molecule has 0 radical (unpaired) electrons. The minimum atomic E-state index is -1.12. The number of carbonyl (C=O) groups excluding carboxylic acids is 10. The van der Waals surface area contributed by atoms with Crippen LogP contribution in [0.25, 0.3) is 0 Å². The summed E-state index contributed by atoms with van der Waals surface area (Å²) in [5.74, 6) is -4.84. The Hall–Kier alpha value is -7.96. The number of aliphatic hydroxyl groups is 1. The molecule has 0 spiro atoms. The summed E-state index contributed by atoms with van der Waals surface area (Å²) in [5.41, 5.74) is 6.84. The van der Waals surface area contributed by atoms with Gasteiger partial charge in [-0.2, -0.15) is 0 Å². The molecule has 10 N–H and O–H groups in total. The van der Waals surface area contributed by atoms with Gasteiger partial charge in [0.1, 0.15) is 36.9 Å². The standard InChI is InChI=1S/C77H125N11O18/c1-14-53(8)68(62(100-13)48-64(90)88-38-24-27-59(88)47-54(9)70(92)81-55(10)69(91)57-25-19-18-20-26-57)86(11)74(96)66(51(4)5)85-73(95)67(52(6)7)87(12)77(99)105-49-56-31-33-58(34-32-56)82-71(93)61(30-23-36-79-75(78)97)83-72(94)65(50(2)3)84-63(89)35-39-101-41-43-103-45-46-104-44-42-102-40-37-80-76(98)106-60-28-21-16-15-17-22-29-60/h15-16,18-20,25-26,31-34,50-55,59-62,65-69,91H,14,17,21-24,27-30,35-49H2,1-13H3,(H,80,98)(H,81,92)(H,82,93)(H,83,94)(H,84,89)(H,85,95)(H3,78,79,97)/b16-15+/t53-,54+,55+,59-,60?,61-,62+,65-,66-,67-,68?,69+/m0/s1. The molecule has 1 fully saturated rings. The number of aliphatic hydroxyl groups excluding tert-OH is 1. The molecule has 11 amide bonds. The molecule has 0 bridgehead atoms. The molecule has 2 aromatic rings. The summed E-state index contributed by atoms with van der Waals surface area (Å²) in [6.45, 7) is 21.1. The van der Waals surface area contributed by atoms with E-state index in [4.69, 9.17) is 38.9 Å². The largest absolute Gasteiger partial charge is 0.446 e. The van der Waals surface area contributed by atoms with Gasteiger partial charge < -0.3 is 91.0 Å². The highest BCUT2D eigenvalue weighted by Crippen LogP contribution is 2.29. The number of nitrogens with two attached hydrogens (primary N) is 1. The van der Waals surface area contributed by atoms with E-state index in [1.165, 1.54) is 19.1 Å². The lowest BCUT2D eigenvalue weighted by Gasteiger charge is -2.40. The number of likely N-dealkylation sites (N-methyl/N-ethyl adjacent to an activating group) is 2. The molecule has 0 saturated carbocycles. The van der Waals surface area contributed by atoms with Crippen molar-refractivity contribution in [1.82, 2.24) is 46.6 Å². The highest BCUT2D eigenvalue weighted by atomic mass is 16.6. The number of nitrogens with zero attached hydrogens (tertiary/aromatic N) is 3. The molecule has 1 saturated heterocycles. The molecule has 106 heavy (non-hydrogen) atoms. The van der Waals surface area contributed by atoms with Gasteiger partial charge in [-0.05, 0) is 118 Å². The van der Waals surface area contributed by atoms with Crippen molar-refractivity contribution in [2.75, 3.05) is 99.0 Å². The Balaban J connectivity index is 1.24. The lowest BCUT2D eigenvalue weighted by molar-refractivity contribution is -0.146. The minimum absolute atomic E-state index is 0.0346. The number of allylic oxidation sites excluding steroid dienone is 2. The molecule has 1 aliphatic carbocycles. The second kappa shape index (κ2) is 49.1. The fourth-order valence-electron chi connectivity index (χ4n) is 12.9. The zero-order valence-electron chi connectivity index (χ0n) is 65.0. The maximum atomic E-state index is 14.8. The van der Waals surface area contributed by atoms with Gasteiger partial charge in [0.2, 0.25) is 41.4 Å². The van der Waals surface area contributed by atoms with Gasteiger partial charge >= 0.3 is 18.2 Å². The van der Waals surface area contributed by atoms with Crippen molar-refractivity contribution in [2.24, 2.45) is 35.3 Å². The lowest BCUT2D eigenvalue weighted by Crippen LogP contribution is -2.60. The monoisotopic (exact) mass is 1490 g/mol. The topological polar surface area (TPSA) is 375 Å². The Morgan fingerprint density at radius 2 is 1.28 bits per heavy atom. The third-order valence-corrected chi connectivity index (χ3v) is 19.2. The van der Waals surface area contributed by atoms with Crippen molar-refractivity contribution >= 4 is 65.3 Å². The average Bonchev–Trinajstić information content (AvgIpc) is 1.17. The number of hydrogen-bond acceptors (Lipinski definition) is 18. The van der Waals surface area contributed by atoms with Crippen LogP contribution >= 0.6 is 0 Å². The highest BCUT2D eigenvalue weighted by Gasteiger charge is 2.42. The van der Waals surface area contributed by atoms with E-state index in [1.807, 2.05) is 57.7 Å². The summed E-state index contributed by atoms with van der Waals surface area (Å²) >= 11 is 0. The third kappa shape index (κ3) is 32.2. The quantitative estimate of drug-likeness (QED) is 0.0237. The van der Waals surface area contributed by atoms with Gasteiger partial charge in [-0.15, -0.1) is 0 Å². The number of likely N-dealkylation sites (tertiary alicyclic amines) is 1. The molecule has 1 aliphatic heterocycles. The molecule has 2 aromatic carbocycles. The summed E-state index contributed by atoms with van der Waals surface area (Å²) in [7, 11) is 4.61. The maximum Gasteiger partial charge on any atom is 0.410 e. The first-order valence-electron chi connectivity index (χ1n) is 37.8. The number of ether oxygens (including phenoxy) is 7.